The van der Waals surface area contributed by atoms with Crippen molar-refractivity contribution in [3.8, 4) is 0 Å². The van der Waals surface area contributed by atoms with Gasteiger partial charge in [0, 0.05) is 11.1 Å². The van der Waals surface area contributed by atoms with Crippen molar-refractivity contribution in [2.45, 2.75) is 32.7 Å². The highest BCUT2D eigenvalue weighted by molar-refractivity contribution is 5.87. The number of nitrogens with two attached hydrogens (primary N) is 1. The Kier molecular flexibility index (Phi) is 6.33. The van der Waals surface area contributed by atoms with Crippen LogP contribution in [0.1, 0.15) is 27.2 Å². The van der Waals surface area contributed by atoms with Crippen LogP contribution < -0.4 is 5.73 Å². The fourth-order valence-corrected chi connectivity index (χ4v) is 0.911. The minimum Gasteiger partial charge on any atom is -0.460 e. The zero-order chi connectivity index (χ0) is 14.3. The van der Waals surface area contributed by atoms with E-state index in [0.29, 0.717) is 17.6 Å². The van der Waals surface area contributed by atoms with Crippen LogP contribution in [0, 0.1) is 0 Å². The van der Waals surface area contributed by atoms with Gasteiger partial charge < -0.3 is 15.2 Å². The summed E-state index contributed by atoms with van der Waals surface area (Å²) in [6.07, 6.45) is 0.500. The lowest BCUT2D eigenvalue weighted by Crippen LogP contribution is -2.49. The molecule has 0 aliphatic rings. The number of carbonyl (C=O) groups is 2. The number of carbonyl (C=O) groups excluding carboxylic acids is 2. The maximum absolute atomic E-state index is 11.3. The van der Waals surface area contributed by atoms with Crippen molar-refractivity contribution in [1.29, 1.82) is 0 Å². The summed E-state index contributed by atoms with van der Waals surface area (Å²) in [5, 5.41) is 0. The van der Waals surface area contributed by atoms with Crippen molar-refractivity contribution in [1.82, 2.24) is 0 Å². The Morgan fingerprint density at radius 1 is 1.06 bits per heavy atom. The van der Waals surface area contributed by atoms with E-state index < -0.39 is 17.5 Å². The molecule has 0 unspecified atom stereocenters. The predicted molar refractivity (Wildman–Crippen MR) is 68.8 cm³/mol. The van der Waals surface area contributed by atoms with Gasteiger partial charge in [-0.25, -0.2) is 9.59 Å². The first-order valence-corrected chi connectivity index (χ1v) is 5.66. The van der Waals surface area contributed by atoms with Crippen LogP contribution in [0.3, 0.4) is 0 Å². The lowest BCUT2D eigenvalue weighted by Gasteiger charge is -2.27. The molecule has 0 saturated carbocycles. The lowest BCUT2D eigenvalue weighted by molar-refractivity contribution is -0.145. The van der Waals surface area contributed by atoms with Crippen molar-refractivity contribution in [2.24, 2.45) is 5.73 Å². The van der Waals surface area contributed by atoms with Gasteiger partial charge >= 0.3 is 11.9 Å². The third kappa shape index (κ3) is 5.63. The third-order valence-electron chi connectivity index (χ3n) is 2.38. The normalized spacial score (nSPS) is 10.7. The summed E-state index contributed by atoms with van der Waals surface area (Å²) in [5.41, 5.74) is 5.68. The first-order valence-electron chi connectivity index (χ1n) is 5.66. The molecule has 0 aliphatic carbocycles. The molecule has 0 aromatic carbocycles. The van der Waals surface area contributed by atoms with Gasteiger partial charge in [-0.05, 0) is 20.3 Å². The van der Waals surface area contributed by atoms with Gasteiger partial charge in [-0.3, -0.25) is 0 Å². The number of hydrogen-bond donors (Lipinski definition) is 1. The van der Waals surface area contributed by atoms with Gasteiger partial charge in [0.15, 0.2) is 0 Å². The second-order valence-electron chi connectivity index (χ2n) is 4.43. The standard InChI is InChI=1S/C13H21NO4/c1-6-13(14,7-17-11(15)9(2)3)8-18-12(16)10(4)5/h2,4,6-8,14H2,1,3,5H3. The van der Waals surface area contributed by atoms with Gasteiger partial charge in [0.05, 0.1) is 5.54 Å². The summed E-state index contributed by atoms with van der Waals surface area (Å²) in [7, 11) is 0. The molecule has 102 valence electrons. The van der Waals surface area contributed by atoms with E-state index in [1.165, 1.54) is 0 Å². The van der Waals surface area contributed by atoms with E-state index in [1.807, 2.05) is 6.92 Å². The van der Waals surface area contributed by atoms with Crippen molar-refractivity contribution in [3.63, 3.8) is 0 Å². The Balaban J connectivity index is 4.35. The van der Waals surface area contributed by atoms with E-state index in [0.717, 1.165) is 0 Å². The summed E-state index contributed by atoms with van der Waals surface area (Å²) in [5.74, 6) is -1.02. The van der Waals surface area contributed by atoms with Crippen LogP contribution in [0.4, 0.5) is 0 Å². The van der Waals surface area contributed by atoms with E-state index >= 15 is 0 Å². The molecule has 5 heteroatoms. The third-order valence-corrected chi connectivity index (χ3v) is 2.38. The van der Waals surface area contributed by atoms with Crippen molar-refractivity contribution in [2.75, 3.05) is 13.2 Å². The van der Waals surface area contributed by atoms with Crippen LogP contribution in [-0.4, -0.2) is 30.7 Å². The highest BCUT2D eigenvalue weighted by Gasteiger charge is 2.27. The second-order valence-corrected chi connectivity index (χ2v) is 4.43. The van der Waals surface area contributed by atoms with Gasteiger partial charge in [-0.2, -0.15) is 0 Å². The maximum atomic E-state index is 11.3. The molecule has 5 nitrogen and oxygen atoms in total. The zero-order valence-corrected chi connectivity index (χ0v) is 11.2. The Morgan fingerprint density at radius 2 is 1.39 bits per heavy atom. The van der Waals surface area contributed by atoms with E-state index in [9.17, 15) is 9.59 Å². The van der Waals surface area contributed by atoms with Crippen molar-refractivity contribution < 1.29 is 19.1 Å². The molecule has 0 atom stereocenters. The minimum atomic E-state index is -0.893. The van der Waals surface area contributed by atoms with Crippen molar-refractivity contribution in [3.05, 3.63) is 24.3 Å². The molecule has 0 saturated heterocycles. The Hall–Kier alpha value is -1.62. The van der Waals surface area contributed by atoms with Crippen LogP contribution in [0.5, 0.6) is 0 Å². The predicted octanol–water partition coefficient (Wildman–Crippen LogP) is 1.33. The molecule has 0 heterocycles. The number of esters is 2. The van der Waals surface area contributed by atoms with Crippen LogP contribution in [0.2, 0.25) is 0 Å². The fourth-order valence-electron chi connectivity index (χ4n) is 0.911. The van der Waals surface area contributed by atoms with Crippen LogP contribution in [0.25, 0.3) is 0 Å². The quantitative estimate of drug-likeness (QED) is 0.548. The van der Waals surface area contributed by atoms with Gasteiger partial charge in [-0.15, -0.1) is 0 Å². The first-order chi connectivity index (χ1) is 8.22. The van der Waals surface area contributed by atoms with Crippen LogP contribution in [-0.2, 0) is 19.1 Å². The van der Waals surface area contributed by atoms with Crippen LogP contribution >= 0.6 is 0 Å². The Morgan fingerprint density at radius 3 is 1.61 bits per heavy atom. The molecule has 0 fully saturated rings. The maximum Gasteiger partial charge on any atom is 0.333 e. The Bertz CT molecular complexity index is 330. The molecule has 18 heavy (non-hydrogen) atoms. The molecule has 0 rings (SSSR count). The number of ether oxygens (including phenoxy) is 2. The zero-order valence-electron chi connectivity index (χ0n) is 11.2. The Labute approximate surface area is 108 Å². The highest BCUT2D eigenvalue weighted by Crippen LogP contribution is 2.10. The molecular formula is C13H21NO4. The molecule has 0 bridgehead atoms. The number of hydrogen-bond acceptors (Lipinski definition) is 5. The monoisotopic (exact) mass is 255 g/mol. The average molecular weight is 255 g/mol. The molecule has 0 amide bonds. The summed E-state index contributed by atoms with van der Waals surface area (Å²) >= 11 is 0. The molecule has 0 radical (unpaired) electrons. The van der Waals surface area contributed by atoms with Crippen LogP contribution in [0.15, 0.2) is 24.3 Å². The van der Waals surface area contributed by atoms with Gasteiger partial charge in [0.25, 0.3) is 0 Å². The minimum absolute atomic E-state index is 0.0291. The molecule has 0 aliphatic heterocycles. The molecular weight excluding hydrogens is 234 g/mol. The lowest BCUT2D eigenvalue weighted by atomic mass is 10.0. The number of rotatable bonds is 7. The highest BCUT2D eigenvalue weighted by atomic mass is 16.5. The average Bonchev–Trinajstić information content (AvgIpc) is 2.32. The van der Waals surface area contributed by atoms with E-state index in [-0.39, 0.29) is 13.2 Å². The van der Waals surface area contributed by atoms with E-state index in [1.54, 1.807) is 13.8 Å². The smallest absolute Gasteiger partial charge is 0.333 e. The SMILES string of the molecule is C=C(C)C(=O)OCC(N)(CC)COC(=O)C(=C)C. The van der Waals surface area contributed by atoms with Gasteiger partial charge in [0.1, 0.15) is 13.2 Å². The fraction of sp³-hybridized carbons (Fsp3) is 0.538. The summed E-state index contributed by atoms with van der Waals surface area (Å²) in [4.78, 5) is 22.5. The van der Waals surface area contributed by atoms with Crippen molar-refractivity contribution >= 4 is 11.9 Å². The van der Waals surface area contributed by atoms with E-state index in [2.05, 4.69) is 13.2 Å². The van der Waals surface area contributed by atoms with Gasteiger partial charge in [-0.1, -0.05) is 20.1 Å². The second kappa shape index (κ2) is 6.96. The molecule has 2 N–H and O–H groups in total. The largest absolute Gasteiger partial charge is 0.460 e. The molecule has 0 aromatic heterocycles. The first kappa shape index (κ1) is 16.4. The topological polar surface area (TPSA) is 78.6 Å². The summed E-state index contributed by atoms with van der Waals surface area (Å²) in [6, 6.07) is 0. The summed E-state index contributed by atoms with van der Waals surface area (Å²) in [6.45, 7) is 11.8. The molecule has 0 spiro atoms. The summed E-state index contributed by atoms with van der Waals surface area (Å²) < 4.78 is 9.95. The molecule has 0 aromatic rings. The van der Waals surface area contributed by atoms with Gasteiger partial charge in [0.2, 0.25) is 0 Å². The van der Waals surface area contributed by atoms with E-state index in [4.69, 9.17) is 15.2 Å².